The minimum Gasteiger partial charge on any atom is -0.278 e. The number of rotatable bonds is 1. The Morgan fingerprint density at radius 1 is 1.46 bits per heavy atom. The molecule has 3 nitrogen and oxygen atoms in total. The summed E-state index contributed by atoms with van der Waals surface area (Å²) in [5.74, 6) is 1.16. The lowest BCUT2D eigenvalue weighted by Crippen LogP contribution is -1.88. The van der Waals surface area contributed by atoms with E-state index in [4.69, 9.17) is 0 Å². The Morgan fingerprint density at radius 2 is 2.23 bits per heavy atom. The Hall–Kier alpha value is -0.900. The number of halogens is 1. The van der Waals surface area contributed by atoms with Crippen molar-refractivity contribution in [3.8, 4) is 0 Å². The molecule has 0 radical (unpaired) electrons. The van der Waals surface area contributed by atoms with Gasteiger partial charge in [-0.25, -0.2) is 9.97 Å². The zero-order valence-corrected chi connectivity index (χ0v) is 9.12. The van der Waals surface area contributed by atoms with Gasteiger partial charge in [-0.2, -0.15) is 0 Å². The monoisotopic (exact) mass is 239 g/mol. The van der Waals surface area contributed by atoms with E-state index in [1.807, 2.05) is 16.7 Å². The summed E-state index contributed by atoms with van der Waals surface area (Å²) in [6.45, 7) is 4.24. The first-order valence-electron chi connectivity index (χ1n) is 4.18. The lowest BCUT2D eigenvalue weighted by molar-refractivity contribution is 0.826. The average Bonchev–Trinajstić information content (AvgIpc) is 2.45. The highest BCUT2D eigenvalue weighted by Crippen LogP contribution is 2.24. The van der Waals surface area contributed by atoms with E-state index in [-0.39, 0.29) is 0 Å². The fourth-order valence-corrected chi connectivity index (χ4v) is 2.07. The summed E-state index contributed by atoms with van der Waals surface area (Å²) in [6, 6.07) is 1.89. The molecule has 0 aliphatic carbocycles. The molecular weight excluding hydrogens is 230 g/mol. The van der Waals surface area contributed by atoms with Gasteiger partial charge in [0, 0.05) is 12.4 Å². The van der Waals surface area contributed by atoms with Crippen LogP contribution in [0.1, 0.15) is 25.5 Å². The Bertz CT molecular complexity index is 433. The van der Waals surface area contributed by atoms with E-state index in [9.17, 15) is 0 Å². The first-order valence-corrected chi connectivity index (χ1v) is 4.98. The van der Waals surface area contributed by atoms with Crippen LogP contribution in [0, 0.1) is 0 Å². The van der Waals surface area contributed by atoms with Crippen LogP contribution in [0.25, 0.3) is 5.78 Å². The van der Waals surface area contributed by atoms with E-state index >= 15 is 0 Å². The molecule has 13 heavy (non-hydrogen) atoms. The second kappa shape index (κ2) is 3.10. The summed E-state index contributed by atoms with van der Waals surface area (Å²) in [7, 11) is 0. The van der Waals surface area contributed by atoms with E-state index in [2.05, 4.69) is 39.7 Å². The molecule has 2 heterocycles. The van der Waals surface area contributed by atoms with Crippen molar-refractivity contribution < 1.29 is 0 Å². The van der Waals surface area contributed by atoms with Crippen molar-refractivity contribution in [1.29, 1.82) is 0 Å². The fraction of sp³-hybridized carbons (Fsp3) is 0.333. The predicted molar refractivity (Wildman–Crippen MR) is 54.8 cm³/mol. The summed E-state index contributed by atoms with van der Waals surface area (Å²) in [4.78, 5) is 8.58. The van der Waals surface area contributed by atoms with Crippen LogP contribution in [-0.4, -0.2) is 14.4 Å². The molecule has 0 atom stereocenters. The van der Waals surface area contributed by atoms with Crippen molar-refractivity contribution in [2.75, 3.05) is 0 Å². The molecule has 0 aromatic carbocycles. The quantitative estimate of drug-likeness (QED) is 0.766. The standard InChI is InChI=1S/C9H10BrN3/c1-6(2)7-8(10)13-5-3-4-11-9(13)12-7/h3-6H,1-2H3. The van der Waals surface area contributed by atoms with Crippen LogP contribution >= 0.6 is 15.9 Å². The zero-order chi connectivity index (χ0) is 9.42. The van der Waals surface area contributed by atoms with Gasteiger partial charge in [0.1, 0.15) is 4.60 Å². The minimum atomic E-state index is 0.413. The summed E-state index contributed by atoms with van der Waals surface area (Å²) in [6.07, 6.45) is 3.70. The predicted octanol–water partition coefficient (Wildman–Crippen LogP) is 2.62. The summed E-state index contributed by atoms with van der Waals surface area (Å²) in [5.41, 5.74) is 1.05. The molecule has 0 N–H and O–H groups in total. The first-order chi connectivity index (χ1) is 6.20. The molecule has 0 unspecified atom stereocenters. The maximum absolute atomic E-state index is 4.42. The van der Waals surface area contributed by atoms with Crippen molar-refractivity contribution in [2.45, 2.75) is 19.8 Å². The lowest BCUT2D eigenvalue weighted by atomic mass is 10.2. The molecule has 2 aromatic heterocycles. The van der Waals surface area contributed by atoms with Gasteiger partial charge >= 0.3 is 0 Å². The molecule has 0 amide bonds. The SMILES string of the molecule is CC(C)c1nc2ncccn2c1Br. The molecule has 4 heteroatoms. The summed E-state index contributed by atoms with van der Waals surface area (Å²) in [5, 5.41) is 0. The number of nitrogens with zero attached hydrogens (tertiary/aromatic N) is 3. The number of aromatic nitrogens is 3. The molecule has 0 bridgehead atoms. The highest BCUT2D eigenvalue weighted by atomic mass is 79.9. The Kier molecular flexibility index (Phi) is 2.07. The highest BCUT2D eigenvalue weighted by Gasteiger charge is 2.12. The molecule has 0 saturated heterocycles. The van der Waals surface area contributed by atoms with Crippen LogP contribution in [0.2, 0.25) is 0 Å². The van der Waals surface area contributed by atoms with Gasteiger partial charge in [0.25, 0.3) is 0 Å². The number of imidazole rings is 1. The van der Waals surface area contributed by atoms with Gasteiger partial charge in [0.15, 0.2) is 0 Å². The third kappa shape index (κ3) is 1.35. The van der Waals surface area contributed by atoms with Crippen LogP contribution < -0.4 is 0 Å². The summed E-state index contributed by atoms with van der Waals surface area (Å²) >= 11 is 3.51. The van der Waals surface area contributed by atoms with Gasteiger partial charge in [-0.1, -0.05) is 13.8 Å². The number of hydrogen-bond acceptors (Lipinski definition) is 2. The minimum absolute atomic E-state index is 0.413. The van der Waals surface area contributed by atoms with Crippen molar-refractivity contribution in [3.63, 3.8) is 0 Å². The van der Waals surface area contributed by atoms with Gasteiger partial charge < -0.3 is 0 Å². The Morgan fingerprint density at radius 3 is 2.85 bits per heavy atom. The largest absolute Gasteiger partial charge is 0.278 e. The van der Waals surface area contributed by atoms with Crippen molar-refractivity contribution in [1.82, 2.24) is 14.4 Å². The smallest absolute Gasteiger partial charge is 0.234 e. The van der Waals surface area contributed by atoms with E-state index < -0.39 is 0 Å². The van der Waals surface area contributed by atoms with Crippen LogP contribution in [0.3, 0.4) is 0 Å². The molecule has 0 spiro atoms. The van der Waals surface area contributed by atoms with Crippen LogP contribution in [0.5, 0.6) is 0 Å². The van der Waals surface area contributed by atoms with Gasteiger partial charge in [-0.05, 0) is 27.9 Å². The van der Waals surface area contributed by atoms with Crippen LogP contribution in [-0.2, 0) is 0 Å². The summed E-state index contributed by atoms with van der Waals surface area (Å²) < 4.78 is 2.94. The van der Waals surface area contributed by atoms with Crippen molar-refractivity contribution >= 4 is 21.7 Å². The molecule has 2 rings (SSSR count). The normalized spacial score (nSPS) is 11.4. The zero-order valence-electron chi connectivity index (χ0n) is 7.53. The first kappa shape index (κ1) is 8.69. The molecule has 0 fully saturated rings. The van der Waals surface area contributed by atoms with E-state index in [0.717, 1.165) is 16.1 Å². The van der Waals surface area contributed by atoms with Crippen molar-refractivity contribution in [2.24, 2.45) is 0 Å². The van der Waals surface area contributed by atoms with Crippen molar-refractivity contribution in [3.05, 3.63) is 28.8 Å². The third-order valence-electron chi connectivity index (χ3n) is 1.92. The second-order valence-corrected chi connectivity index (χ2v) is 3.98. The van der Waals surface area contributed by atoms with Gasteiger partial charge in [0.2, 0.25) is 5.78 Å². The highest BCUT2D eigenvalue weighted by molar-refractivity contribution is 9.10. The van der Waals surface area contributed by atoms with E-state index in [1.165, 1.54) is 0 Å². The molecule has 68 valence electrons. The molecule has 0 saturated carbocycles. The maximum atomic E-state index is 4.42. The van der Waals surface area contributed by atoms with Crippen LogP contribution in [0.15, 0.2) is 23.1 Å². The average molecular weight is 240 g/mol. The maximum Gasteiger partial charge on any atom is 0.234 e. The molecular formula is C9H10BrN3. The topological polar surface area (TPSA) is 30.2 Å². The Balaban J connectivity index is 2.74. The lowest BCUT2D eigenvalue weighted by Gasteiger charge is -1.98. The van der Waals surface area contributed by atoms with Crippen LogP contribution in [0.4, 0.5) is 0 Å². The van der Waals surface area contributed by atoms with Gasteiger partial charge in [-0.15, -0.1) is 0 Å². The number of hydrogen-bond donors (Lipinski definition) is 0. The van der Waals surface area contributed by atoms with E-state index in [0.29, 0.717) is 5.92 Å². The molecule has 2 aromatic rings. The second-order valence-electron chi connectivity index (χ2n) is 3.23. The van der Waals surface area contributed by atoms with Gasteiger partial charge in [-0.3, -0.25) is 4.40 Å². The third-order valence-corrected chi connectivity index (χ3v) is 2.71. The molecule has 0 aliphatic heterocycles. The number of fused-ring (bicyclic) bond motifs is 1. The fourth-order valence-electron chi connectivity index (χ4n) is 1.24. The Labute approximate surface area is 85.0 Å². The van der Waals surface area contributed by atoms with E-state index in [1.54, 1.807) is 6.20 Å². The van der Waals surface area contributed by atoms with Gasteiger partial charge in [0.05, 0.1) is 5.69 Å². The molecule has 0 aliphatic rings.